The van der Waals surface area contributed by atoms with Gasteiger partial charge in [0, 0.05) is 16.8 Å². The van der Waals surface area contributed by atoms with E-state index in [0.29, 0.717) is 22.6 Å². The molecular weight excluding hydrogens is 370 g/mol. The first-order valence-corrected chi connectivity index (χ1v) is 9.17. The van der Waals surface area contributed by atoms with Gasteiger partial charge in [0.2, 0.25) is 0 Å². The van der Waals surface area contributed by atoms with Gasteiger partial charge >= 0.3 is 5.97 Å². The van der Waals surface area contributed by atoms with Crippen LogP contribution in [0.5, 0.6) is 0 Å². The number of benzene rings is 2. The van der Waals surface area contributed by atoms with Gasteiger partial charge in [-0.15, -0.1) is 0 Å². The van der Waals surface area contributed by atoms with Gasteiger partial charge in [-0.1, -0.05) is 24.3 Å². The van der Waals surface area contributed by atoms with E-state index in [-0.39, 0.29) is 17.6 Å². The van der Waals surface area contributed by atoms with Gasteiger partial charge < -0.3 is 14.5 Å². The van der Waals surface area contributed by atoms with Crippen LogP contribution in [0.4, 0.5) is 5.69 Å². The number of hydrogen-bond donors (Lipinski definition) is 1. The van der Waals surface area contributed by atoms with Crippen molar-refractivity contribution in [1.29, 1.82) is 0 Å². The van der Waals surface area contributed by atoms with Crippen molar-refractivity contribution in [3.8, 4) is 11.3 Å². The fraction of sp³-hybridized carbons (Fsp3) is 0.174. The fourth-order valence-corrected chi connectivity index (χ4v) is 2.65. The van der Waals surface area contributed by atoms with E-state index in [0.717, 1.165) is 5.56 Å². The summed E-state index contributed by atoms with van der Waals surface area (Å²) in [5, 5.41) is 2.72. The molecular formula is C23H21NO5. The molecule has 29 heavy (non-hydrogen) atoms. The van der Waals surface area contributed by atoms with Crippen LogP contribution in [-0.4, -0.2) is 23.8 Å². The minimum absolute atomic E-state index is 0.0143. The highest BCUT2D eigenvalue weighted by Gasteiger charge is 2.14. The third-order valence-electron chi connectivity index (χ3n) is 4.13. The number of ketones is 1. The number of furan rings is 1. The molecule has 0 atom stereocenters. The number of anilines is 1. The van der Waals surface area contributed by atoms with Crippen molar-refractivity contribution in [2.45, 2.75) is 26.9 Å². The summed E-state index contributed by atoms with van der Waals surface area (Å²) in [5.74, 6) is -0.158. The van der Waals surface area contributed by atoms with Crippen LogP contribution in [0.25, 0.3) is 11.3 Å². The van der Waals surface area contributed by atoms with Gasteiger partial charge in [0.15, 0.2) is 11.5 Å². The van der Waals surface area contributed by atoms with Crippen LogP contribution in [0.2, 0.25) is 0 Å². The Morgan fingerprint density at radius 2 is 1.48 bits per heavy atom. The quantitative estimate of drug-likeness (QED) is 0.474. The first-order chi connectivity index (χ1) is 13.8. The molecule has 1 aromatic heterocycles. The van der Waals surface area contributed by atoms with Gasteiger partial charge in [-0.2, -0.15) is 0 Å². The molecule has 0 aliphatic carbocycles. The van der Waals surface area contributed by atoms with Gasteiger partial charge in [0.05, 0.1) is 11.7 Å². The summed E-state index contributed by atoms with van der Waals surface area (Å²) >= 11 is 0. The molecule has 6 nitrogen and oxygen atoms in total. The molecule has 2 aromatic carbocycles. The number of ether oxygens (including phenoxy) is 1. The predicted octanol–water partition coefficient (Wildman–Crippen LogP) is 4.97. The third kappa shape index (κ3) is 4.99. The van der Waals surface area contributed by atoms with Crippen molar-refractivity contribution in [1.82, 2.24) is 0 Å². The second-order valence-electron chi connectivity index (χ2n) is 6.78. The first-order valence-electron chi connectivity index (χ1n) is 9.17. The van der Waals surface area contributed by atoms with Gasteiger partial charge in [0.1, 0.15) is 5.76 Å². The molecule has 1 heterocycles. The van der Waals surface area contributed by atoms with E-state index >= 15 is 0 Å². The average Bonchev–Trinajstić information content (AvgIpc) is 3.18. The van der Waals surface area contributed by atoms with Crippen molar-refractivity contribution in [2.75, 3.05) is 5.32 Å². The van der Waals surface area contributed by atoms with E-state index in [1.165, 1.54) is 6.92 Å². The van der Waals surface area contributed by atoms with Crippen molar-refractivity contribution in [2.24, 2.45) is 0 Å². The van der Waals surface area contributed by atoms with E-state index < -0.39 is 11.9 Å². The number of Topliss-reactive ketones (excluding diaryl/α,β-unsaturated/α-hetero) is 1. The summed E-state index contributed by atoms with van der Waals surface area (Å²) in [6.07, 6.45) is -0.200. The van der Waals surface area contributed by atoms with Crippen LogP contribution in [0.15, 0.2) is 65.1 Å². The second kappa shape index (κ2) is 8.56. The highest BCUT2D eigenvalue weighted by atomic mass is 16.5. The van der Waals surface area contributed by atoms with Gasteiger partial charge in [-0.05, 0) is 57.2 Å². The Hall–Kier alpha value is -3.67. The maximum absolute atomic E-state index is 12.4. The lowest BCUT2D eigenvalue weighted by Gasteiger charge is -2.08. The molecule has 1 N–H and O–H groups in total. The lowest BCUT2D eigenvalue weighted by molar-refractivity contribution is 0.0377. The predicted molar refractivity (Wildman–Crippen MR) is 109 cm³/mol. The minimum atomic E-state index is -0.413. The molecule has 0 saturated heterocycles. The van der Waals surface area contributed by atoms with E-state index in [9.17, 15) is 14.4 Å². The second-order valence-corrected chi connectivity index (χ2v) is 6.78. The molecule has 0 unspecified atom stereocenters. The number of carbonyl (C=O) groups is 3. The van der Waals surface area contributed by atoms with Gasteiger partial charge in [0.25, 0.3) is 5.91 Å². The van der Waals surface area contributed by atoms with Crippen LogP contribution in [-0.2, 0) is 4.74 Å². The molecule has 0 aliphatic heterocycles. The maximum atomic E-state index is 12.4. The minimum Gasteiger partial charge on any atom is -0.459 e. The van der Waals surface area contributed by atoms with Crippen LogP contribution < -0.4 is 5.32 Å². The lowest BCUT2D eigenvalue weighted by atomic mass is 10.1. The number of carbonyl (C=O) groups excluding carboxylic acids is 3. The Balaban J connectivity index is 1.67. The summed E-state index contributed by atoms with van der Waals surface area (Å²) < 4.78 is 10.8. The Kier molecular flexibility index (Phi) is 5.93. The summed E-state index contributed by atoms with van der Waals surface area (Å²) in [5.41, 5.74) is 2.31. The molecule has 0 bridgehead atoms. The summed E-state index contributed by atoms with van der Waals surface area (Å²) in [4.78, 5) is 35.7. The maximum Gasteiger partial charge on any atom is 0.338 e. The molecule has 148 valence electrons. The molecule has 0 fully saturated rings. The van der Waals surface area contributed by atoms with Crippen LogP contribution in [0.3, 0.4) is 0 Å². The Labute approximate surface area is 168 Å². The standard InChI is InChI=1S/C23H21NO5/c1-14(2)28-23(27)18-8-10-19(11-9-18)24-22(26)21-13-12-20(29-21)17-6-4-16(5-7-17)15(3)25/h4-14H,1-3H3,(H,24,26). The molecule has 0 saturated carbocycles. The number of hydrogen-bond acceptors (Lipinski definition) is 5. The number of amides is 1. The number of nitrogens with one attached hydrogen (secondary N) is 1. The highest BCUT2D eigenvalue weighted by Crippen LogP contribution is 2.23. The van der Waals surface area contributed by atoms with E-state index in [1.807, 2.05) is 0 Å². The number of esters is 1. The Morgan fingerprint density at radius 1 is 0.862 bits per heavy atom. The SMILES string of the molecule is CC(=O)c1ccc(-c2ccc(C(=O)Nc3ccc(C(=O)OC(C)C)cc3)o2)cc1. The third-order valence-corrected chi connectivity index (χ3v) is 4.13. The van der Waals surface area contributed by atoms with Gasteiger partial charge in [-0.3, -0.25) is 9.59 Å². The van der Waals surface area contributed by atoms with E-state index in [1.54, 1.807) is 74.5 Å². The summed E-state index contributed by atoms with van der Waals surface area (Å²) in [6, 6.07) is 16.7. The Bertz CT molecular complexity index is 1030. The van der Waals surface area contributed by atoms with Crippen molar-refractivity contribution >= 4 is 23.3 Å². The molecule has 0 aliphatic rings. The molecule has 1 amide bonds. The van der Waals surface area contributed by atoms with Gasteiger partial charge in [-0.25, -0.2) is 4.79 Å². The summed E-state index contributed by atoms with van der Waals surface area (Å²) in [7, 11) is 0. The lowest BCUT2D eigenvalue weighted by Crippen LogP contribution is -2.13. The smallest absolute Gasteiger partial charge is 0.338 e. The zero-order chi connectivity index (χ0) is 21.0. The molecule has 6 heteroatoms. The monoisotopic (exact) mass is 391 g/mol. The molecule has 3 aromatic rings. The van der Waals surface area contributed by atoms with Crippen LogP contribution >= 0.6 is 0 Å². The average molecular weight is 391 g/mol. The first kappa shape index (κ1) is 20.1. The van der Waals surface area contributed by atoms with Crippen molar-refractivity contribution in [3.05, 3.63) is 77.6 Å². The van der Waals surface area contributed by atoms with Crippen LogP contribution in [0, 0.1) is 0 Å². The fourth-order valence-electron chi connectivity index (χ4n) is 2.65. The van der Waals surface area contributed by atoms with E-state index in [4.69, 9.17) is 9.15 Å². The topological polar surface area (TPSA) is 85.6 Å². The molecule has 3 rings (SSSR count). The number of rotatable bonds is 6. The highest BCUT2D eigenvalue weighted by molar-refractivity contribution is 6.03. The Morgan fingerprint density at radius 3 is 2.07 bits per heavy atom. The molecule has 0 spiro atoms. The van der Waals surface area contributed by atoms with Crippen molar-refractivity contribution in [3.63, 3.8) is 0 Å². The zero-order valence-corrected chi connectivity index (χ0v) is 16.4. The molecule has 0 radical (unpaired) electrons. The zero-order valence-electron chi connectivity index (χ0n) is 16.4. The largest absolute Gasteiger partial charge is 0.459 e. The van der Waals surface area contributed by atoms with E-state index in [2.05, 4.69) is 5.32 Å². The summed E-state index contributed by atoms with van der Waals surface area (Å²) in [6.45, 7) is 5.06. The van der Waals surface area contributed by atoms with Crippen molar-refractivity contribution < 1.29 is 23.5 Å². The van der Waals surface area contributed by atoms with Crippen LogP contribution in [0.1, 0.15) is 52.0 Å². The normalized spacial score (nSPS) is 10.6.